The van der Waals surface area contributed by atoms with Gasteiger partial charge < -0.3 is 9.67 Å². The van der Waals surface area contributed by atoms with Crippen molar-refractivity contribution in [2.75, 3.05) is 0 Å². The van der Waals surface area contributed by atoms with E-state index in [9.17, 15) is 14.7 Å². The standard InChI is InChI=1S/C26H19ClN2O3S/c27-17-10-11-21-20(13-17)24(19-8-4-5-9-22(19)30)25(26(31)32)29(21)14-18-15-33-23(28-18)12-16-6-2-1-3-7-16/h1-8,10-11,13,15H,9,12,14H2,(H,31,32). The van der Waals surface area contributed by atoms with Crippen LogP contribution in [0.4, 0.5) is 0 Å². The third-order valence-corrected chi connectivity index (χ3v) is 6.75. The van der Waals surface area contributed by atoms with Gasteiger partial charge in [0.15, 0.2) is 5.78 Å². The first-order chi connectivity index (χ1) is 16.0. The van der Waals surface area contributed by atoms with Crippen LogP contribution in [0.5, 0.6) is 0 Å². The number of nitrogens with zero attached hydrogens (tertiary/aromatic N) is 2. The van der Waals surface area contributed by atoms with Crippen molar-refractivity contribution in [2.24, 2.45) is 0 Å². The Balaban J connectivity index is 1.61. The number of aromatic carboxylic acids is 1. The Morgan fingerprint density at radius 3 is 2.76 bits per heavy atom. The zero-order valence-electron chi connectivity index (χ0n) is 17.5. The monoisotopic (exact) mass is 474 g/mol. The highest BCUT2D eigenvalue weighted by atomic mass is 35.5. The van der Waals surface area contributed by atoms with E-state index in [-0.39, 0.29) is 24.4 Å². The summed E-state index contributed by atoms with van der Waals surface area (Å²) in [5.41, 5.74) is 3.52. The van der Waals surface area contributed by atoms with Crippen molar-refractivity contribution in [1.29, 1.82) is 0 Å². The third-order valence-electron chi connectivity index (χ3n) is 5.62. The number of carboxylic acid groups (broad SMARTS) is 1. The molecule has 0 spiro atoms. The van der Waals surface area contributed by atoms with E-state index in [2.05, 4.69) is 12.1 Å². The van der Waals surface area contributed by atoms with Gasteiger partial charge in [-0.3, -0.25) is 4.79 Å². The molecule has 0 saturated carbocycles. The number of thiazole rings is 1. The number of carbonyl (C=O) groups is 2. The SMILES string of the molecule is O=C1CC=CC=C1c1c(C(=O)O)n(Cc2csc(Cc3ccccc3)n2)c2ccc(Cl)cc12. The van der Waals surface area contributed by atoms with Gasteiger partial charge in [0, 0.05) is 45.3 Å². The highest BCUT2D eigenvalue weighted by Gasteiger charge is 2.28. The smallest absolute Gasteiger partial charge is 0.353 e. The van der Waals surface area contributed by atoms with Gasteiger partial charge in [-0.15, -0.1) is 11.3 Å². The fourth-order valence-electron chi connectivity index (χ4n) is 4.19. The van der Waals surface area contributed by atoms with Crippen LogP contribution >= 0.6 is 22.9 Å². The number of carboxylic acids is 1. The summed E-state index contributed by atoms with van der Waals surface area (Å²) in [4.78, 5) is 29.9. The van der Waals surface area contributed by atoms with Crippen LogP contribution in [0.1, 0.15) is 38.7 Å². The number of rotatable bonds is 6. The average molecular weight is 475 g/mol. The van der Waals surface area contributed by atoms with Gasteiger partial charge in [-0.1, -0.05) is 60.2 Å². The van der Waals surface area contributed by atoms with Crippen LogP contribution in [0.2, 0.25) is 5.02 Å². The Morgan fingerprint density at radius 1 is 1.18 bits per heavy atom. The molecule has 7 heteroatoms. The number of benzene rings is 2. The maximum absolute atomic E-state index is 12.7. The summed E-state index contributed by atoms with van der Waals surface area (Å²) in [5.74, 6) is -1.21. The van der Waals surface area contributed by atoms with Crippen LogP contribution in [0.3, 0.4) is 0 Å². The number of halogens is 1. The Labute approximate surface area is 199 Å². The molecule has 2 heterocycles. The fourth-order valence-corrected chi connectivity index (χ4v) is 5.18. The van der Waals surface area contributed by atoms with Gasteiger partial charge in [0.1, 0.15) is 5.69 Å². The molecule has 5 rings (SSSR count). The molecule has 0 aliphatic heterocycles. The summed E-state index contributed by atoms with van der Waals surface area (Å²) in [7, 11) is 0. The van der Waals surface area contributed by atoms with Gasteiger partial charge in [-0.25, -0.2) is 9.78 Å². The highest BCUT2D eigenvalue weighted by molar-refractivity contribution is 7.09. The summed E-state index contributed by atoms with van der Waals surface area (Å²) in [6.07, 6.45) is 6.19. The number of fused-ring (bicyclic) bond motifs is 1. The Kier molecular flexibility index (Phi) is 5.70. The van der Waals surface area contributed by atoms with Crippen molar-refractivity contribution >= 4 is 51.2 Å². The van der Waals surface area contributed by atoms with Crippen molar-refractivity contribution in [1.82, 2.24) is 9.55 Å². The maximum atomic E-state index is 12.7. The van der Waals surface area contributed by atoms with Crippen molar-refractivity contribution < 1.29 is 14.7 Å². The van der Waals surface area contributed by atoms with Gasteiger partial charge in [0.2, 0.25) is 0 Å². The summed E-state index contributed by atoms with van der Waals surface area (Å²) < 4.78 is 1.72. The van der Waals surface area contributed by atoms with Crippen LogP contribution in [-0.4, -0.2) is 26.4 Å². The zero-order chi connectivity index (χ0) is 22.9. The second-order valence-electron chi connectivity index (χ2n) is 7.81. The van der Waals surface area contributed by atoms with Crippen molar-refractivity contribution in [3.8, 4) is 0 Å². The summed E-state index contributed by atoms with van der Waals surface area (Å²) >= 11 is 7.82. The van der Waals surface area contributed by atoms with E-state index in [1.807, 2.05) is 23.6 Å². The molecule has 4 aromatic rings. The number of allylic oxidation sites excluding steroid dienone is 4. The molecule has 5 nitrogen and oxygen atoms in total. The molecule has 33 heavy (non-hydrogen) atoms. The van der Waals surface area contributed by atoms with Crippen LogP contribution in [0.25, 0.3) is 16.5 Å². The van der Waals surface area contributed by atoms with E-state index in [1.165, 1.54) is 5.56 Å². The minimum Gasteiger partial charge on any atom is -0.477 e. The topological polar surface area (TPSA) is 72.2 Å². The first kappa shape index (κ1) is 21.4. The predicted octanol–water partition coefficient (Wildman–Crippen LogP) is 6.00. The molecule has 2 aromatic heterocycles. The molecular formula is C26H19ClN2O3S. The van der Waals surface area contributed by atoms with E-state index in [4.69, 9.17) is 16.6 Å². The summed E-state index contributed by atoms with van der Waals surface area (Å²) in [6.45, 7) is 0.280. The molecule has 164 valence electrons. The Bertz CT molecular complexity index is 1450. The number of hydrogen-bond acceptors (Lipinski definition) is 4. The minimum atomic E-state index is -1.10. The van der Waals surface area contributed by atoms with Gasteiger partial charge in [0.25, 0.3) is 0 Å². The molecule has 1 N–H and O–H groups in total. The fraction of sp³-hybridized carbons (Fsp3) is 0.115. The van der Waals surface area contributed by atoms with Crippen molar-refractivity contribution in [3.05, 3.63) is 105 Å². The van der Waals surface area contributed by atoms with Crippen LogP contribution in [-0.2, 0) is 17.8 Å². The van der Waals surface area contributed by atoms with E-state index in [0.29, 0.717) is 27.1 Å². The van der Waals surface area contributed by atoms with E-state index >= 15 is 0 Å². The second kappa shape index (κ2) is 8.81. The molecule has 0 bridgehead atoms. The van der Waals surface area contributed by atoms with Crippen LogP contribution < -0.4 is 0 Å². The van der Waals surface area contributed by atoms with E-state index < -0.39 is 5.97 Å². The second-order valence-corrected chi connectivity index (χ2v) is 9.19. The first-order valence-corrected chi connectivity index (χ1v) is 11.7. The lowest BCUT2D eigenvalue weighted by molar-refractivity contribution is -0.113. The molecule has 1 aliphatic rings. The normalized spacial score (nSPS) is 13.5. The summed E-state index contributed by atoms with van der Waals surface area (Å²) in [5, 5.41) is 14.2. The van der Waals surface area contributed by atoms with Crippen molar-refractivity contribution in [3.63, 3.8) is 0 Å². The van der Waals surface area contributed by atoms with Crippen molar-refractivity contribution in [2.45, 2.75) is 19.4 Å². The number of aromatic nitrogens is 2. The molecular weight excluding hydrogens is 456 g/mol. The molecule has 0 atom stereocenters. The third kappa shape index (κ3) is 4.15. The van der Waals surface area contributed by atoms with E-state index in [1.54, 1.807) is 52.3 Å². The molecule has 0 radical (unpaired) electrons. The molecule has 0 fully saturated rings. The largest absolute Gasteiger partial charge is 0.477 e. The maximum Gasteiger partial charge on any atom is 0.353 e. The van der Waals surface area contributed by atoms with Crippen LogP contribution in [0.15, 0.2) is 72.1 Å². The number of ketones is 1. The first-order valence-electron chi connectivity index (χ1n) is 10.4. The lowest BCUT2D eigenvalue weighted by Gasteiger charge is -2.10. The predicted molar refractivity (Wildman–Crippen MR) is 131 cm³/mol. The molecule has 0 unspecified atom stereocenters. The minimum absolute atomic E-state index is 0.0692. The van der Waals surface area contributed by atoms with Gasteiger partial charge in [-0.05, 0) is 23.8 Å². The van der Waals surface area contributed by atoms with Crippen LogP contribution in [0, 0.1) is 0 Å². The number of carbonyl (C=O) groups excluding carboxylic acids is 1. The Morgan fingerprint density at radius 2 is 2.00 bits per heavy atom. The quantitative estimate of drug-likeness (QED) is 0.372. The number of Topliss-reactive ketones (excluding diaryl/α,β-unsaturated/α-hetero) is 1. The van der Waals surface area contributed by atoms with E-state index in [0.717, 1.165) is 17.1 Å². The Hall–Kier alpha value is -3.48. The highest BCUT2D eigenvalue weighted by Crippen LogP contribution is 2.36. The molecule has 1 aliphatic carbocycles. The molecule has 0 amide bonds. The van der Waals surface area contributed by atoms with Gasteiger partial charge in [0.05, 0.1) is 17.2 Å². The zero-order valence-corrected chi connectivity index (χ0v) is 19.1. The van der Waals surface area contributed by atoms with Gasteiger partial charge in [-0.2, -0.15) is 0 Å². The lowest BCUT2D eigenvalue weighted by atomic mass is 9.93. The molecule has 0 saturated heterocycles. The number of hydrogen-bond donors (Lipinski definition) is 1. The summed E-state index contributed by atoms with van der Waals surface area (Å²) in [6, 6.07) is 15.3. The van der Waals surface area contributed by atoms with Gasteiger partial charge >= 0.3 is 5.97 Å². The molecule has 2 aromatic carbocycles. The lowest BCUT2D eigenvalue weighted by Crippen LogP contribution is -2.13. The average Bonchev–Trinajstić information content (AvgIpc) is 3.37.